The number of nitrogens with two attached hydrogens (primary N) is 1. The molecule has 1 atom stereocenters. The molecule has 0 bridgehead atoms. The number of primary amides is 1. The molecule has 3 aromatic rings. The first-order chi connectivity index (χ1) is 20.7. The largest absolute Gasteiger partial charge is 0.467 e. The quantitative estimate of drug-likeness (QED) is 0.103. The molecule has 1 aromatic carbocycles. The van der Waals surface area contributed by atoms with Gasteiger partial charge in [0.1, 0.15) is 6.04 Å². The van der Waals surface area contributed by atoms with E-state index in [1.54, 1.807) is 13.0 Å². The molecule has 2 amide bonds. The summed E-state index contributed by atoms with van der Waals surface area (Å²) >= 11 is 0. The van der Waals surface area contributed by atoms with Crippen LogP contribution in [0, 0.1) is 6.92 Å². The molecule has 0 aliphatic heterocycles. The predicted molar refractivity (Wildman–Crippen MR) is 157 cm³/mol. The molecule has 2 aromatic heterocycles. The molecule has 0 aliphatic rings. The van der Waals surface area contributed by atoms with Gasteiger partial charge in [-0.15, -0.1) is 0 Å². The number of esters is 2. The van der Waals surface area contributed by atoms with Gasteiger partial charge in [-0.3, -0.25) is 19.2 Å². The van der Waals surface area contributed by atoms with Crippen LogP contribution in [0.1, 0.15) is 67.6 Å². The SMILES string of the molecule is CCCCOC(=O)CC(NC(=O)COc1nccc2c1c(C(=O)C(N)=O)c(C)n2Cc1ccccc1)C(=O)OCCCC. The number of pyridine rings is 1. The van der Waals surface area contributed by atoms with Crippen LogP contribution < -0.4 is 15.8 Å². The zero-order valence-corrected chi connectivity index (χ0v) is 24.7. The standard InChI is InChI=1S/C31H38N4O8/c1-4-6-15-41-25(37)17-22(31(40)42-16-7-5-2)34-24(36)19-43-30-27-23(13-14-33-30)35(18-21-11-9-8-10-12-21)20(3)26(27)28(38)29(32)39/h8-14,22H,4-7,15-19H2,1-3H3,(H2,32,39)(H,34,36). The van der Waals surface area contributed by atoms with Crippen molar-refractivity contribution in [3.8, 4) is 5.88 Å². The highest BCUT2D eigenvalue weighted by atomic mass is 16.5. The lowest BCUT2D eigenvalue weighted by molar-refractivity contribution is -0.154. The second-order valence-electron chi connectivity index (χ2n) is 9.94. The Balaban J connectivity index is 1.84. The summed E-state index contributed by atoms with van der Waals surface area (Å²) in [6, 6.07) is 9.89. The second-order valence-corrected chi connectivity index (χ2v) is 9.94. The monoisotopic (exact) mass is 594 g/mol. The highest BCUT2D eigenvalue weighted by Gasteiger charge is 2.29. The van der Waals surface area contributed by atoms with Gasteiger partial charge >= 0.3 is 11.9 Å². The van der Waals surface area contributed by atoms with Gasteiger partial charge in [-0.1, -0.05) is 57.0 Å². The van der Waals surface area contributed by atoms with Crippen molar-refractivity contribution in [3.05, 3.63) is 59.4 Å². The summed E-state index contributed by atoms with van der Waals surface area (Å²) in [4.78, 5) is 66.9. The number of Topliss-reactive ketones (excluding diaryl/α,β-unsaturated/α-hetero) is 1. The van der Waals surface area contributed by atoms with Crippen LogP contribution in [0.25, 0.3) is 10.9 Å². The first-order valence-corrected chi connectivity index (χ1v) is 14.3. The summed E-state index contributed by atoms with van der Waals surface area (Å²) in [6.45, 7) is 5.69. The van der Waals surface area contributed by atoms with Crippen molar-refractivity contribution in [2.75, 3.05) is 19.8 Å². The van der Waals surface area contributed by atoms with Gasteiger partial charge in [0, 0.05) is 18.4 Å². The minimum Gasteiger partial charge on any atom is -0.467 e. The third-order valence-electron chi connectivity index (χ3n) is 6.67. The highest BCUT2D eigenvalue weighted by molar-refractivity contribution is 6.45. The molecule has 12 nitrogen and oxygen atoms in total. The van der Waals surface area contributed by atoms with Crippen LogP contribution >= 0.6 is 0 Å². The molecule has 230 valence electrons. The number of benzene rings is 1. The second kappa shape index (κ2) is 16.0. The average Bonchev–Trinajstić information content (AvgIpc) is 3.27. The Morgan fingerprint density at radius 1 is 0.977 bits per heavy atom. The summed E-state index contributed by atoms with van der Waals surface area (Å²) in [5.41, 5.74) is 7.35. The predicted octanol–water partition coefficient (Wildman–Crippen LogP) is 3.00. The van der Waals surface area contributed by atoms with Crippen LogP contribution in [0.15, 0.2) is 42.6 Å². The number of ketones is 1. The van der Waals surface area contributed by atoms with Crippen molar-refractivity contribution in [1.29, 1.82) is 0 Å². The number of aromatic nitrogens is 2. The third-order valence-corrected chi connectivity index (χ3v) is 6.67. The maximum atomic E-state index is 12.9. The fourth-order valence-electron chi connectivity index (χ4n) is 4.41. The van der Waals surface area contributed by atoms with Crippen LogP contribution in [0.2, 0.25) is 0 Å². The van der Waals surface area contributed by atoms with Crippen molar-refractivity contribution >= 4 is 40.4 Å². The van der Waals surface area contributed by atoms with Gasteiger partial charge in [0.2, 0.25) is 5.88 Å². The van der Waals surface area contributed by atoms with E-state index in [1.165, 1.54) is 6.20 Å². The van der Waals surface area contributed by atoms with Crippen LogP contribution in [-0.2, 0) is 35.2 Å². The van der Waals surface area contributed by atoms with Crippen molar-refractivity contribution in [3.63, 3.8) is 0 Å². The molecule has 0 aliphatic carbocycles. The summed E-state index contributed by atoms with van der Waals surface area (Å²) in [5.74, 6) is -4.30. The lowest BCUT2D eigenvalue weighted by atomic mass is 10.1. The topological polar surface area (TPSA) is 169 Å². The lowest BCUT2D eigenvalue weighted by Crippen LogP contribution is -2.45. The molecule has 0 saturated carbocycles. The van der Waals surface area contributed by atoms with E-state index in [0.717, 1.165) is 18.4 Å². The summed E-state index contributed by atoms with van der Waals surface area (Å²) in [6.07, 6.45) is 3.96. The third kappa shape index (κ3) is 8.87. The van der Waals surface area contributed by atoms with Crippen LogP contribution in [0.3, 0.4) is 0 Å². The Kier molecular flexibility index (Phi) is 12.2. The summed E-state index contributed by atoms with van der Waals surface area (Å²) < 4.78 is 17.9. The van der Waals surface area contributed by atoms with E-state index in [0.29, 0.717) is 30.6 Å². The average molecular weight is 595 g/mol. The smallest absolute Gasteiger partial charge is 0.329 e. The molecule has 1 unspecified atom stereocenters. The van der Waals surface area contributed by atoms with E-state index >= 15 is 0 Å². The molecule has 0 saturated heterocycles. The molecular formula is C31H38N4O8. The van der Waals surface area contributed by atoms with Gasteiger partial charge in [0.25, 0.3) is 17.6 Å². The minimum atomic E-state index is -1.29. The lowest BCUT2D eigenvalue weighted by Gasteiger charge is -2.17. The first kappa shape index (κ1) is 32.8. The van der Waals surface area contributed by atoms with E-state index in [9.17, 15) is 24.0 Å². The van der Waals surface area contributed by atoms with E-state index in [4.69, 9.17) is 19.9 Å². The van der Waals surface area contributed by atoms with E-state index < -0.39 is 48.6 Å². The number of carbonyl (C=O) groups is 5. The summed E-state index contributed by atoms with van der Waals surface area (Å²) in [5, 5.41) is 2.70. The molecule has 0 spiro atoms. The first-order valence-electron chi connectivity index (χ1n) is 14.3. The number of carbonyl (C=O) groups excluding carboxylic acids is 5. The van der Waals surface area contributed by atoms with Crippen LogP contribution in [0.4, 0.5) is 0 Å². The minimum absolute atomic E-state index is 0.0224. The number of ether oxygens (including phenoxy) is 3. The van der Waals surface area contributed by atoms with Crippen LogP contribution in [0.5, 0.6) is 5.88 Å². The van der Waals surface area contributed by atoms with Crippen LogP contribution in [-0.4, -0.2) is 64.9 Å². The summed E-state index contributed by atoms with van der Waals surface area (Å²) in [7, 11) is 0. The normalized spacial score (nSPS) is 11.5. The van der Waals surface area contributed by atoms with Crippen molar-refractivity contribution in [2.45, 2.75) is 65.5 Å². The van der Waals surface area contributed by atoms with Gasteiger partial charge in [-0.25, -0.2) is 9.78 Å². The zero-order valence-electron chi connectivity index (χ0n) is 24.7. The van der Waals surface area contributed by atoms with Crippen molar-refractivity contribution in [2.24, 2.45) is 5.73 Å². The Morgan fingerprint density at radius 3 is 2.30 bits per heavy atom. The fraction of sp³-hybridized carbons (Fsp3) is 0.419. The number of nitrogens with one attached hydrogen (secondary N) is 1. The molecule has 3 N–H and O–H groups in total. The zero-order chi connectivity index (χ0) is 31.4. The van der Waals surface area contributed by atoms with Crippen molar-refractivity contribution in [1.82, 2.24) is 14.9 Å². The van der Waals surface area contributed by atoms with E-state index in [2.05, 4.69) is 10.3 Å². The maximum absolute atomic E-state index is 12.9. The van der Waals surface area contributed by atoms with Crippen molar-refractivity contribution < 1.29 is 38.2 Å². The number of amides is 2. The highest BCUT2D eigenvalue weighted by Crippen LogP contribution is 2.33. The molecule has 0 fully saturated rings. The number of fused-ring (bicyclic) bond motifs is 1. The maximum Gasteiger partial charge on any atom is 0.329 e. The van der Waals surface area contributed by atoms with Gasteiger partial charge in [0.05, 0.1) is 36.1 Å². The van der Waals surface area contributed by atoms with Gasteiger partial charge < -0.3 is 29.8 Å². The number of hydrogen-bond acceptors (Lipinski definition) is 9. The van der Waals surface area contributed by atoms with E-state index in [1.807, 2.05) is 48.7 Å². The Hall–Kier alpha value is -4.74. The van der Waals surface area contributed by atoms with Gasteiger partial charge in [-0.2, -0.15) is 0 Å². The number of hydrogen-bond donors (Lipinski definition) is 2. The molecule has 43 heavy (non-hydrogen) atoms. The number of rotatable bonds is 17. The fourth-order valence-corrected chi connectivity index (χ4v) is 4.41. The molecular weight excluding hydrogens is 556 g/mol. The number of nitrogens with zero attached hydrogens (tertiary/aromatic N) is 2. The Morgan fingerprint density at radius 2 is 1.65 bits per heavy atom. The van der Waals surface area contributed by atoms with Gasteiger partial charge in [0.15, 0.2) is 6.61 Å². The van der Waals surface area contributed by atoms with E-state index in [-0.39, 0.29) is 30.0 Å². The van der Waals surface area contributed by atoms with Gasteiger partial charge in [-0.05, 0) is 31.4 Å². The Bertz CT molecular complexity index is 1450. The molecule has 2 heterocycles. The molecule has 0 radical (unpaired) electrons. The number of unbranched alkanes of at least 4 members (excludes halogenated alkanes) is 2. The molecule has 3 rings (SSSR count). The Labute approximate surface area is 249 Å². The molecule has 12 heteroatoms.